The fourth-order valence-corrected chi connectivity index (χ4v) is 3.07. The molecule has 1 aliphatic heterocycles. The predicted molar refractivity (Wildman–Crippen MR) is 82.0 cm³/mol. The minimum absolute atomic E-state index is 0.0764. The summed E-state index contributed by atoms with van der Waals surface area (Å²) >= 11 is 0. The maximum atomic E-state index is 14.2. The van der Waals surface area contributed by atoms with Crippen molar-refractivity contribution in [1.29, 1.82) is 0 Å². The molecule has 1 aliphatic rings. The van der Waals surface area contributed by atoms with E-state index in [0.29, 0.717) is 0 Å². The first-order chi connectivity index (χ1) is 13.6. The molecule has 30 heavy (non-hydrogen) atoms. The fraction of sp³-hybridized carbons (Fsp3) is 0.615. The zero-order valence-electron chi connectivity index (χ0n) is 14.3. The number of aromatic nitrogens is 4. The lowest BCUT2D eigenvalue weighted by molar-refractivity contribution is -0.241. The Balaban J connectivity index is 2.20. The maximum Gasteiger partial charge on any atom is 0.417 e. The standard InChI is InChI=1S/C13H12F7N5O5/c14-2-4(26)9(30-5(2)6(27)13(18,19)20)25-7-3(8(28)23-10(21)22-7)24(11(25)29)1-12(15,16)17/h2,4-6,9,26-27H,1H2,(H3,21,22,23,28)/t2-,4-,5+,6?,9-/m1/s1. The summed E-state index contributed by atoms with van der Waals surface area (Å²) in [6, 6.07) is 0. The number of nitrogens with one attached hydrogen (secondary N) is 1. The van der Waals surface area contributed by atoms with Crippen molar-refractivity contribution in [1.82, 2.24) is 19.1 Å². The Bertz CT molecular complexity index is 1070. The summed E-state index contributed by atoms with van der Waals surface area (Å²) in [4.78, 5) is 29.9. The number of H-pyrrole nitrogens is 1. The van der Waals surface area contributed by atoms with Gasteiger partial charge in [0.15, 0.2) is 29.7 Å². The molecular weight excluding hydrogens is 439 g/mol. The van der Waals surface area contributed by atoms with Crippen molar-refractivity contribution in [2.24, 2.45) is 0 Å². The van der Waals surface area contributed by atoms with E-state index in [4.69, 9.17) is 5.73 Å². The van der Waals surface area contributed by atoms with Gasteiger partial charge < -0.3 is 20.7 Å². The van der Waals surface area contributed by atoms with Crippen molar-refractivity contribution in [2.75, 3.05) is 5.73 Å². The van der Waals surface area contributed by atoms with Crippen molar-refractivity contribution < 1.29 is 45.7 Å². The molecule has 3 heterocycles. The highest BCUT2D eigenvalue weighted by molar-refractivity contribution is 5.71. The maximum absolute atomic E-state index is 14.2. The van der Waals surface area contributed by atoms with Gasteiger partial charge in [0, 0.05) is 0 Å². The second-order valence-corrected chi connectivity index (χ2v) is 6.39. The Hall–Kier alpha value is -2.66. The zero-order chi connectivity index (χ0) is 22.8. The number of aliphatic hydroxyl groups is 2. The molecule has 2 aromatic rings. The number of aliphatic hydroxyl groups excluding tert-OH is 2. The van der Waals surface area contributed by atoms with E-state index in [1.54, 1.807) is 0 Å². The van der Waals surface area contributed by atoms with Crippen LogP contribution in [-0.2, 0) is 11.3 Å². The van der Waals surface area contributed by atoms with Gasteiger partial charge in [-0.1, -0.05) is 0 Å². The molecule has 0 spiro atoms. The molecule has 1 unspecified atom stereocenters. The van der Waals surface area contributed by atoms with Crippen LogP contribution < -0.4 is 17.0 Å². The Morgan fingerprint density at radius 3 is 2.37 bits per heavy atom. The number of nitrogens with zero attached hydrogens (tertiary/aromatic N) is 3. The molecule has 17 heteroatoms. The molecule has 3 rings (SSSR count). The van der Waals surface area contributed by atoms with Crippen LogP contribution >= 0.6 is 0 Å². The van der Waals surface area contributed by atoms with Crippen LogP contribution in [0.3, 0.4) is 0 Å². The normalized spacial score (nSPS) is 26.4. The molecule has 0 bridgehead atoms. The lowest BCUT2D eigenvalue weighted by Crippen LogP contribution is -2.44. The summed E-state index contributed by atoms with van der Waals surface area (Å²) in [5.74, 6) is -0.693. The van der Waals surface area contributed by atoms with Gasteiger partial charge in [0.25, 0.3) is 5.56 Å². The van der Waals surface area contributed by atoms with Crippen LogP contribution in [-0.4, -0.2) is 66.2 Å². The van der Waals surface area contributed by atoms with E-state index >= 15 is 0 Å². The SMILES string of the molecule is Nc1nc2c(c(=O)[nH]1)n(CC(F)(F)F)c(=O)n2[C@@H]1O[C@H](C(O)C(F)(F)F)[C@H](F)[C@H]1O. The van der Waals surface area contributed by atoms with E-state index in [0.717, 1.165) is 0 Å². The number of nitrogens with two attached hydrogens (primary N) is 1. The summed E-state index contributed by atoms with van der Waals surface area (Å²) in [7, 11) is 0. The molecule has 0 amide bonds. The highest BCUT2D eigenvalue weighted by Crippen LogP contribution is 2.38. The van der Waals surface area contributed by atoms with Crippen LogP contribution in [0.25, 0.3) is 11.2 Å². The number of ether oxygens (including phenoxy) is 1. The first-order valence-corrected chi connectivity index (χ1v) is 7.93. The number of imidazole rings is 1. The third kappa shape index (κ3) is 3.63. The minimum atomic E-state index is -5.38. The molecule has 10 nitrogen and oxygen atoms in total. The number of nitrogen functional groups attached to an aromatic ring is 1. The van der Waals surface area contributed by atoms with Crippen LogP contribution in [0.1, 0.15) is 6.23 Å². The Morgan fingerprint density at radius 1 is 1.23 bits per heavy atom. The molecule has 5 atom stereocenters. The van der Waals surface area contributed by atoms with Gasteiger partial charge in [0.1, 0.15) is 18.8 Å². The Morgan fingerprint density at radius 2 is 1.83 bits per heavy atom. The van der Waals surface area contributed by atoms with Gasteiger partial charge >= 0.3 is 18.0 Å². The van der Waals surface area contributed by atoms with Gasteiger partial charge in [-0.15, -0.1) is 0 Å². The van der Waals surface area contributed by atoms with Crippen molar-refractivity contribution in [3.05, 3.63) is 20.8 Å². The molecule has 0 saturated carbocycles. The monoisotopic (exact) mass is 451 g/mol. The number of hydrogen-bond donors (Lipinski definition) is 4. The molecule has 5 N–H and O–H groups in total. The first-order valence-electron chi connectivity index (χ1n) is 7.93. The number of halogens is 7. The molecule has 168 valence electrons. The number of alkyl halides is 7. The van der Waals surface area contributed by atoms with Crippen LogP contribution in [0, 0.1) is 0 Å². The lowest BCUT2D eigenvalue weighted by Gasteiger charge is -2.22. The van der Waals surface area contributed by atoms with Gasteiger partial charge in [0.2, 0.25) is 5.95 Å². The van der Waals surface area contributed by atoms with Gasteiger partial charge in [-0.2, -0.15) is 31.3 Å². The second kappa shape index (κ2) is 6.95. The van der Waals surface area contributed by atoms with Gasteiger partial charge in [-0.3, -0.25) is 14.3 Å². The van der Waals surface area contributed by atoms with E-state index in [1.807, 2.05) is 4.98 Å². The van der Waals surface area contributed by atoms with Crippen molar-refractivity contribution in [2.45, 2.75) is 49.6 Å². The summed E-state index contributed by atoms with van der Waals surface area (Å²) in [6.07, 6.45) is -24.3. The number of rotatable bonds is 3. The summed E-state index contributed by atoms with van der Waals surface area (Å²) in [6.45, 7) is -2.01. The minimum Gasteiger partial charge on any atom is -0.385 e. The van der Waals surface area contributed by atoms with Crippen LogP contribution in [0.5, 0.6) is 0 Å². The van der Waals surface area contributed by atoms with Crippen molar-refractivity contribution in [3.8, 4) is 0 Å². The average molecular weight is 451 g/mol. The third-order valence-corrected chi connectivity index (χ3v) is 4.30. The molecule has 0 aromatic carbocycles. The molecule has 0 aliphatic carbocycles. The number of aromatic amines is 1. The molecule has 2 aromatic heterocycles. The second-order valence-electron chi connectivity index (χ2n) is 6.39. The Kier molecular flexibility index (Phi) is 5.10. The molecular formula is C13H12F7N5O5. The highest BCUT2D eigenvalue weighted by atomic mass is 19.4. The summed E-state index contributed by atoms with van der Waals surface area (Å²) in [5, 5.41) is 19.2. The van der Waals surface area contributed by atoms with Crippen LogP contribution in [0.2, 0.25) is 0 Å². The smallest absolute Gasteiger partial charge is 0.385 e. The third-order valence-electron chi connectivity index (χ3n) is 4.30. The van der Waals surface area contributed by atoms with Gasteiger partial charge in [-0.25, -0.2) is 13.8 Å². The first kappa shape index (κ1) is 22.0. The van der Waals surface area contributed by atoms with Gasteiger partial charge in [0.05, 0.1) is 0 Å². The van der Waals surface area contributed by atoms with E-state index in [1.165, 1.54) is 0 Å². The van der Waals surface area contributed by atoms with Crippen LogP contribution in [0.4, 0.5) is 36.7 Å². The fourth-order valence-electron chi connectivity index (χ4n) is 3.07. The van der Waals surface area contributed by atoms with Gasteiger partial charge in [-0.05, 0) is 0 Å². The largest absolute Gasteiger partial charge is 0.417 e. The van der Waals surface area contributed by atoms with Crippen molar-refractivity contribution in [3.63, 3.8) is 0 Å². The molecule has 1 fully saturated rings. The average Bonchev–Trinajstić information content (AvgIpc) is 3.00. The van der Waals surface area contributed by atoms with E-state index in [2.05, 4.69) is 9.72 Å². The van der Waals surface area contributed by atoms with E-state index < -0.39 is 78.0 Å². The van der Waals surface area contributed by atoms with Crippen LogP contribution in [0.15, 0.2) is 9.59 Å². The van der Waals surface area contributed by atoms with E-state index in [-0.39, 0.29) is 9.13 Å². The number of fused-ring (bicyclic) bond motifs is 1. The zero-order valence-corrected chi connectivity index (χ0v) is 14.3. The highest BCUT2D eigenvalue weighted by Gasteiger charge is 2.56. The quantitative estimate of drug-likeness (QED) is 0.462. The summed E-state index contributed by atoms with van der Waals surface area (Å²) < 4.78 is 95.5. The lowest BCUT2D eigenvalue weighted by atomic mass is 10.1. The van der Waals surface area contributed by atoms with Crippen molar-refractivity contribution >= 4 is 17.1 Å². The number of anilines is 1. The Labute approximate surface area is 159 Å². The summed E-state index contributed by atoms with van der Waals surface area (Å²) in [5.41, 5.74) is 0.404. The van der Waals surface area contributed by atoms with E-state index in [9.17, 15) is 50.5 Å². The topological polar surface area (TPSA) is 148 Å². The molecule has 1 saturated heterocycles. The predicted octanol–water partition coefficient (Wildman–Crippen LogP) is -0.450. The molecule has 0 radical (unpaired) electrons. The number of hydrogen-bond acceptors (Lipinski definition) is 7.